The zero-order valence-electron chi connectivity index (χ0n) is 18.0. The van der Waals surface area contributed by atoms with Crippen molar-refractivity contribution in [3.05, 3.63) is 11.8 Å². The van der Waals surface area contributed by atoms with E-state index < -0.39 is 11.6 Å². The minimum absolute atomic E-state index is 0.149. The van der Waals surface area contributed by atoms with E-state index >= 15 is 0 Å². The van der Waals surface area contributed by atoms with Crippen LogP contribution in [0.1, 0.15) is 51.2 Å². The van der Waals surface area contributed by atoms with Crippen LogP contribution in [0.3, 0.4) is 0 Å². The summed E-state index contributed by atoms with van der Waals surface area (Å²) in [7, 11) is 0. The average Bonchev–Trinajstić information content (AvgIpc) is 3.17. The molecule has 0 bridgehead atoms. The molecule has 1 aromatic heterocycles. The number of nitrogens with one attached hydrogen (secondary N) is 2. The summed E-state index contributed by atoms with van der Waals surface area (Å²) in [5.41, 5.74) is -1.20. The zero-order valence-corrected chi connectivity index (χ0v) is 18.0. The summed E-state index contributed by atoms with van der Waals surface area (Å²) in [6, 6.07) is 1.78. The lowest BCUT2D eigenvalue weighted by atomic mass is 9.72. The van der Waals surface area contributed by atoms with Gasteiger partial charge in [-0.3, -0.25) is 4.79 Å². The van der Waals surface area contributed by atoms with Gasteiger partial charge >= 0.3 is 6.09 Å². The summed E-state index contributed by atoms with van der Waals surface area (Å²) in [5, 5.41) is 19.5. The molecule has 2 amide bonds. The molecule has 1 aliphatic heterocycles. The molecule has 2 heterocycles. The van der Waals surface area contributed by atoms with Gasteiger partial charge in [0.1, 0.15) is 11.3 Å². The van der Waals surface area contributed by atoms with Crippen LogP contribution in [0, 0.1) is 18.8 Å². The summed E-state index contributed by atoms with van der Waals surface area (Å²) in [6.07, 6.45) is 4.86. The number of amides is 2. The van der Waals surface area contributed by atoms with E-state index in [9.17, 15) is 14.7 Å². The zero-order chi connectivity index (χ0) is 21.6. The van der Waals surface area contributed by atoms with Crippen LogP contribution in [0.2, 0.25) is 0 Å². The lowest BCUT2D eigenvalue weighted by Crippen LogP contribution is -2.66. The Bertz CT molecular complexity index is 712. The number of carboxylic acid groups (broad SMARTS) is 1. The minimum Gasteiger partial charge on any atom is -0.465 e. The number of hydrogen-bond donors (Lipinski definition) is 3. The highest BCUT2D eigenvalue weighted by Crippen LogP contribution is 2.36. The molecule has 2 aliphatic rings. The molecule has 3 N–H and O–H groups in total. The average molecular weight is 423 g/mol. The summed E-state index contributed by atoms with van der Waals surface area (Å²) >= 11 is 0. The molecule has 2 fully saturated rings. The normalized spacial score (nSPS) is 20.9. The summed E-state index contributed by atoms with van der Waals surface area (Å²) in [4.78, 5) is 27.4. The third-order valence-corrected chi connectivity index (χ3v) is 6.40. The molecule has 1 saturated heterocycles. The summed E-state index contributed by atoms with van der Waals surface area (Å²) < 4.78 is 10.5. The van der Waals surface area contributed by atoms with Gasteiger partial charge in [0.2, 0.25) is 5.91 Å². The Morgan fingerprint density at radius 1 is 1.30 bits per heavy atom. The molecule has 0 aromatic carbocycles. The largest absolute Gasteiger partial charge is 0.465 e. The Labute approximate surface area is 177 Å². The standard InChI is InChI=1S/C21H34N4O5/c1-15(14-22-18-12-16(2)30-24-18)21(23-20(27)28,13-17-6-4-3-5-7-17)19(26)25-8-10-29-11-9-25/h12,15,17,23H,3-11,13-14H2,1-2H3,(H,22,24)(H,27,28)/t15-,21-/m0/s1. The number of morpholine rings is 1. The van der Waals surface area contributed by atoms with Gasteiger partial charge in [-0.2, -0.15) is 0 Å². The van der Waals surface area contributed by atoms with Gasteiger partial charge in [-0.15, -0.1) is 0 Å². The van der Waals surface area contributed by atoms with E-state index in [2.05, 4.69) is 15.8 Å². The highest BCUT2D eigenvalue weighted by molar-refractivity contribution is 5.90. The third kappa shape index (κ3) is 5.44. The van der Waals surface area contributed by atoms with Crippen LogP contribution < -0.4 is 10.6 Å². The van der Waals surface area contributed by atoms with Gasteiger partial charge in [-0.1, -0.05) is 44.2 Å². The van der Waals surface area contributed by atoms with E-state index in [-0.39, 0.29) is 11.8 Å². The lowest BCUT2D eigenvalue weighted by molar-refractivity contribution is -0.145. The van der Waals surface area contributed by atoms with Crippen molar-refractivity contribution in [2.45, 2.75) is 57.9 Å². The van der Waals surface area contributed by atoms with Gasteiger partial charge in [-0.05, 0) is 19.3 Å². The van der Waals surface area contributed by atoms with E-state index in [1.165, 1.54) is 6.42 Å². The third-order valence-electron chi connectivity index (χ3n) is 6.40. The van der Waals surface area contributed by atoms with Crippen molar-refractivity contribution in [2.75, 3.05) is 38.2 Å². The van der Waals surface area contributed by atoms with E-state index in [1.807, 2.05) is 13.8 Å². The van der Waals surface area contributed by atoms with Gasteiger partial charge in [0, 0.05) is 31.6 Å². The molecule has 168 valence electrons. The van der Waals surface area contributed by atoms with Crippen molar-refractivity contribution >= 4 is 17.8 Å². The second-order valence-electron chi connectivity index (χ2n) is 8.62. The van der Waals surface area contributed by atoms with Crippen molar-refractivity contribution in [1.82, 2.24) is 15.4 Å². The van der Waals surface area contributed by atoms with Crippen LogP contribution in [-0.2, 0) is 9.53 Å². The Morgan fingerprint density at radius 2 is 2.00 bits per heavy atom. The van der Waals surface area contributed by atoms with Crippen LogP contribution in [0.25, 0.3) is 0 Å². The van der Waals surface area contributed by atoms with Crippen molar-refractivity contribution in [3.63, 3.8) is 0 Å². The van der Waals surface area contributed by atoms with Gasteiger partial charge in [-0.25, -0.2) is 4.79 Å². The predicted octanol–water partition coefficient (Wildman–Crippen LogP) is 2.87. The predicted molar refractivity (Wildman–Crippen MR) is 111 cm³/mol. The Hall–Kier alpha value is -2.29. The van der Waals surface area contributed by atoms with Crippen molar-refractivity contribution < 1.29 is 24.0 Å². The maximum atomic E-state index is 13.8. The first-order valence-corrected chi connectivity index (χ1v) is 11.0. The molecule has 3 rings (SSSR count). The van der Waals surface area contributed by atoms with Crippen molar-refractivity contribution in [3.8, 4) is 0 Å². The second-order valence-corrected chi connectivity index (χ2v) is 8.62. The number of carbonyl (C=O) groups excluding carboxylic acids is 1. The fraction of sp³-hybridized carbons (Fsp3) is 0.762. The van der Waals surface area contributed by atoms with Gasteiger partial charge < -0.3 is 29.9 Å². The van der Waals surface area contributed by atoms with Crippen LogP contribution in [-0.4, -0.2) is 65.6 Å². The minimum atomic E-state index is -1.20. The highest BCUT2D eigenvalue weighted by atomic mass is 16.5. The van der Waals surface area contributed by atoms with Crippen molar-refractivity contribution in [2.24, 2.45) is 11.8 Å². The van der Waals surface area contributed by atoms with Gasteiger partial charge in [0.05, 0.1) is 13.2 Å². The number of hydrogen-bond acceptors (Lipinski definition) is 6. The maximum absolute atomic E-state index is 13.8. The summed E-state index contributed by atoms with van der Waals surface area (Å²) in [6.45, 7) is 6.05. The molecule has 2 atom stereocenters. The van der Waals surface area contributed by atoms with E-state index in [4.69, 9.17) is 9.26 Å². The smallest absolute Gasteiger partial charge is 0.405 e. The number of carbonyl (C=O) groups is 2. The quantitative estimate of drug-likeness (QED) is 0.590. The van der Waals surface area contributed by atoms with Gasteiger partial charge in [0.15, 0.2) is 5.82 Å². The molecule has 1 aliphatic carbocycles. The topological polar surface area (TPSA) is 117 Å². The molecule has 0 spiro atoms. The second kappa shape index (κ2) is 10.1. The van der Waals surface area contributed by atoms with Gasteiger partial charge in [0.25, 0.3) is 0 Å². The maximum Gasteiger partial charge on any atom is 0.405 e. The van der Waals surface area contributed by atoms with Crippen LogP contribution in [0.5, 0.6) is 0 Å². The molecular formula is C21H34N4O5. The fourth-order valence-corrected chi connectivity index (χ4v) is 4.69. The molecule has 30 heavy (non-hydrogen) atoms. The molecular weight excluding hydrogens is 388 g/mol. The van der Waals surface area contributed by atoms with E-state index in [1.54, 1.807) is 11.0 Å². The number of ether oxygens (including phenoxy) is 1. The SMILES string of the molecule is Cc1cc(NC[C@H](C)[C@](CC2CCCCC2)(NC(=O)O)C(=O)N2CCOCC2)no1. The number of aryl methyl sites for hydroxylation is 1. The summed E-state index contributed by atoms with van der Waals surface area (Å²) in [5.74, 6) is 1.16. The first kappa shape index (κ1) is 22.4. The molecule has 9 nitrogen and oxygen atoms in total. The lowest BCUT2D eigenvalue weighted by Gasteiger charge is -2.44. The highest BCUT2D eigenvalue weighted by Gasteiger charge is 2.48. The Morgan fingerprint density at radius 3 is 2.60 bits per heavy atom. The number of anilines is 1. The molecule has 1 saturated carbocycles. The number of aromatic nitrogens is 1. The molecule has 0 unspecified atom stereocenters. The Balaban J connectivity index is 1.85. The van der Waals surface area contributed by atoms with E-state index in [0.29, 0.717) is 56.8 Å². The Kier molecular flexibility index (Phi) is 7.58. The van der Waals surface area contributed by atoms with Crippen LogP contribution in [0.4, 0.5) is 10.6 Å². The molecule has 1 aromatic rings. The molecule has 0 radical (unpaired) electrons. The number of rotatable bonds is 8. The first-order chi connectivity index (χ1) is 14.4. The van der Waals surface area contributed by atoms with Crippen molar-refractivity contribution in [1.29, 1.82) is 0 Å². The number of nitrogens with zero attached hydrogens (tertiary/aromatic N) is 2. The fourth-order valence-electron chi connectivity index (χ4n) is 4.69. The molecule has 9 heteroatoms. The van der Waals surface area contributed by atoms with Crippen LogP contribution in [0.15, 0.2) is 10.6 Å². The first-order valence-electron chi connectivity index (χ1n) is 11.0. The van der Waals surface area contributed by atoms with Crippen LogP contribution >= 0.6 is 0 Å². The van der Waals surface area contributed by atoms with E-state index in [0.717, 1.165) is 25.7 Å². The monoisotopic (exact) mass is 422 g/mol.